The summed E-state index contributed by atoms with van der Waals surface area (Å²) >= 11 is 0. The molecule has 2 aliphatic rings. The summed E-state index contributed by atoms with van der Waals surface area (Å²) in [5, 5.41) is 4.21. The van der Waals surface area contributed by atoms with Crippen LogP contribution >= 0.6 is 0 Å². The van der Waals surface area contributed by atoms with Crippen LogP contribution in [0.4, 0.5) is 0 Å². The van der Waals surface area contributed by atoms with Crippen molar-refractivity contribution in [2.45, 2.75) is 70.0 Å². The van der Waals surface area contributed by atoms with Crippen LogP contribution in [0.5, 0.6) is 0 Å². The fourth-order valence-electron chi connectivity index (χ4n) is 3.47. The predicted octanol–water partition coefficient (Wildman–Crippen LogP) is 3.68. The zero-order valence-corrected chi connectivity index (χ0v) is 13.5. The SMILES string of the molecule is c1ccc(CN(Cc2noc(C3CC3)n2)C2CCCCC2)nc1. The van der Waals surface area contributed by atoms with E-state index < -0.39 is 0 Å². The Labute approximate surface area is 137 Å². The van der Waals surface area contributed by atoms with Crippen LogP contribution in [-0.2, 0) is 13.1 Å². The van der Waals surface area contributed by atoms with Gasteiger partial charge in [-0.05, 0) is 37.8 Å². The molecule has 0 aliphatic heterocycles. The maximum Gasteiger partial charge on any atom is 0.229 e. The van der Waals surface area contributed by atoms with E-state index in [0.717, 1.165) is 30.5 Å². The first kappa shape index (κ1) is 14.8. The second kappa shape index (κ2) is 6.79. The highest BCUT2D eigenvalue weighted by atomic mass is 16.5. The minimum atomic E-state index is 0.523. The Hall–Kier alpha value is -1.75. The average Bonchev–Trinajstić information content (AvgIpc) is 3.36. The maximum absolute atomic E-state index is 5.42. The van der Waals surface area contributed by atoms with Crippen LogP contribution in [0.25, 0.3) is 0 Å². The molecule has 2 aromatic heterocycles. The van der Waals surface area contributed by atoms with E-state index in [1.165, 1.54) is 44.9 Å². The van der Waals surface area contributed by atoms with Gasteiger partial charge in [0.25, 0.3) is 0 Å². The minimum Gasteiger partial charge on any atom is -0.339 e. The van der Waals surface area contributed by atoms with Crippen LogP contribution in [0.15, 0.2) is 28.9 Å². The van der Waals surface area contributed by atoms with Crippen molar-refractivity contribution < 1.29 is 4.52 Å². The summed E-state index contributed by atoms with van der Waals surface area (Å²) in [4.78, 5) is 11.6. The first-order valence-electron chi connectivity index (χ1n) is 8.85. The van der Waals surface area contributed by atoms with Crippen molar-refractivity contribution in [1.82, 2.24) is 20.0 Å². The Kier molecular flexibility index (Phi) is 4.37. The third-order valence-electron chi connectivity index (χ3n) is 4.94. The van der Waals surface area contributed by atoms with Gasteiger partial charge < -0.3 is 4.52 Å². The van der Waals surface area contributed by atoms with Crippen LogP contribution in [0.1, 0.15) is 68.3 Å². The number of hydrogen-bond acceptors (Lipinski definition) is 5. The average molecular weight is 312 g/mol. The van der Waals surface area contributed by atoms with Crippen LogP contribution in [0.3, 0.4) is 0 Å². The zero-order valence-electron chi connectivity index (χ0n) is 13.5. The Bertz CT molecular complexity index is 617. The minimum absolute atomic E-state index is 0.523. The molecule has 0 unspecified atom stereocenters. The molecule has 5 nitrogen and oxygen atoms in total. The maximum atomic E-state index is 5.42. The van der Waals surface area contributed by atoms with E-state index in [1.807, 2.05) is 12.3 Å². The fraction of sp³-hybridized carbons (Fsp3) is 0.611. The second-order valence-corrected chi connectivity index (χ2v) is 6.84. The van der Waals surface area contributed by atoms with Gasteiger partial charge in [-0.3, -0.25) is 9.88 Å². The van der Waals surface area contributed by atoms with Crippen molar-refractivity contribution >= 4 is 0 Å². The van der Waals surface area contributed by atoms with E-state index in [9.17, 15) is 0 Å². The van der Waals surface area contributed by atoms with Crippen molar-refractivity contribution in [3.8, 4) is 0 Å². The molecule has 0 atom stereocenters. The van der Waals surface area contributed by atoms with Crippen molar-refractivity contribution in [3.63, 3.8) is 0 Å². The van der Waals surface area contributed by atoms with Gasteiger partial charge in [0.15, 0.2) is 5.82 Å². The third-order valence-corrected chi connectivity index (χ3v) is 4.94. The fourth-order valence-corrected chi connectivity index (χ4v) is 3.47. The highest BCUT2D eigenvalue weighted by molar-refractivity contribution is 5.05. The summed E-state index contributed by atoms with van der Waals surface area (Å²) in [6, 6.07) is 6.73. The first-order chi connectivity index (χ1) is 11.4. The number of pyridine rings is 1. The summed E-state index contributed by atoms with van der Waals surface area (Å²) < 4.78 is 5.42. The lowest BCUT2D eigenvalue weighted by atomic mass is 9.94. The summed E-state index contributed by atoms with van der Waals surface area (Å²) in [6.07, 6.45) is 10.8. The van der Waals surface area contributed by atoms with Crippen molar-refractivity contribution in [2.75, 3.05) is 0 Å². The number of nitrogens with zero attached hydrogens (tertiary/aromatic N) is 4. The molecule has 0 spiro atoms. The Balaban J connectivity index is 1.48. The van der Waals surface area contributed by atoms with Gasteiger partial charge in [-0.2, -0.15) is 4.98 Å². The van der Waals surface area contributed by atoms with Gasteiger partial charge in [0.2, 0.25) is 5.89 Å². The Morgan fingerprint density at radius 3 is 2.65 bits per heavy atom. The molecule has 23 heavy (non-hydrogen) atoms. The van der Waals surface area contributed by atoms with Gasteiger partial charge in [-0.25, -0.2) is 0 Å². The molecular weight excluding hydrogens is 288 g/mol. The molecule has 0 bridgehead atoms. The van der Waals surface area contributed by atoms with E-state index >= 15 is 0 Å². The van der Waals surface area contributed by atoms with Crippen molar-refractivity contribution in [1.29, 1.82) is 0 Å². The van der Waals surface area contributed by atoms with Gasteiger partial charge in [-0.1, -0.05) is 30.5 Å². The lowest BCUT2D eigenvalue weighted by Crippen LogP contribution is -2.36. The highest BCUT2D eigenvalue weighted by Crippen LogP contribution is 2.39. The number of hydrogen-bond donors (Lipinski definition) is 0. The molecule has 2 fully saturated rings. The second-order valence-electron chi connectivity index (χ2n) is 6.84. The molecule has 0 N–H and O–H groups in total. The van der Waals surface area contributed by atoms with E-state index in [2.05, 4.69) is 32.2 Å². The van der Waals surface area contributed by atoms with E-state index in [0.29, 0.717) is 12.0 Å². The molecular formula is C18H24N4O. The van der Waals surface area contributed by atoms with Crippen molar-refractivity contribution in [3.05, 3.63) is 41.8 Å². The van der Waals surface area contributed by atoms with Crippen molar-refractivity contribution in [2.24, 2.45) is 0 Å². The summed E-state index contributed by atoms with van der Waals surface area (Å²) in [5.74, 6) is 2.19. The van der Waals surface area contributed by atoms with Gasteiger partial charge in [0.1, 0.15) is 0 Å². The molecule has 122 valence electrons. The monoisotopic (exact) mass is 312 g/mol. The van der Waals surface area contributed by atoms with Crippen LogP contribution in [0, 0.1) is 0 Å². The Morgan fingerprint density at radius 2 is 1.91 bits per heavy atom. The number of aromatic nitrogens is 3. The summed E-state index contributed by atoms with van der Waals surface area (Å²) in [7, 11) is 0. The van der Waals surface area contributed by atoms with Crippen LogP contribution in [-0.4, -0.2) is 26.1 Å². The quantitative estimate of drug-likeness (QED) is 0.814. The highest BCUT2D eigenvalue weighted by Gasteiger charge is 2.30. The van der Waals surface area contributed by atoms with Gasteiger partial charge >= 0.3 is 0 Å². The Morgan fingerprint density at radius 1 is 1.04 bits per heavy atom. The molecule has 0 saturated heterocycles. The lowest BCUT2D eigenvalue weighted by molar-refractivity contribution is 0.133. The predicted molar refractivity (Wildman–Crippen MR) is 86.6 cm³/mol. The largest absolute Gasteiger partial charge is 0.339 e. The van der Waals surface area contributed by atoms with E-state index in [1.54, 1.807) is 0 Å². The zero-order chi connectivity index (χ0) is 15.5. The van der Waals surface area contributed by atoms with Crippen LogP contribution < -0.4 is 0 Å². The van der Waals surface area contributed by atoms with E-state index in [4.69, 9.17) is 4.52 Å². The topological polar surface area (TPSA) is 55.1 Å². The lowest BCUT2D eigenvalue weighted by Gasteiger charge is -2.33. The first-order valence-corrected chi connectivity index (χ1v) is 8.85. The van der Waals surface area contributed by atoms with Gasteiger partial charge in [-0.15, -0.1) is 0 Å². The van der Waals surface area contributed by atoms with Crippen LogP contribution in [0.2, 0.25) is 0 Å². The molecule has 2 saturated carbocycles. The molecule has 0 amide bonds. The normalized spacial score (nSPS) is 19.3. The summed E-state index contributed by atoms with van der Waals surface area (Å²) in [5.41, 5.74) is 1.11. The van der Waals surface area contributed by atoms with Gasteiger partial charge in [0, 0.05) is 24.7 Å². The standard InChI is InChI=1S/C18H24N4O/c1-2-7-16(8-3-1)22(12-15-6-4-5-11-19-15)13-17-20-18(23-21-17)14-9-10-14/h4-6,11,14,16H,1-3,7-10,12-13H2. The smallest absolute Gasteiger partial charge is 0.229 e. The van der Waals surface area contributed by atoms with E-state index in [-0.39, 0.29) is 0 Å². The molecule has 2 aliphatic carbocycles. The third kappa shape index (κ3) is 3.78. The molecule has 2 heterocycles. The van der Waals surface area contributed by atoms with Gasteiger partial charge in [0.05, 0.1) is 12.2 Å². The molecule has 2 aromatic rings. The molecule has 0 aromatic carbocycles. The molecule has 4 rings (SSSR count). The number of rotatable bonds is 6. The summed E-state index contributed by atoms with van der Waals surface area (Å²) in [6.45, 7) is 1.62. The molecule has 5 heteroatoms. The molecule has 0 radical (unpaired) electrons.